The maximum Gasteiger partial charge on any atom is 0.212 e. The van der Waals surface area contributed by atoms with Crippen molar-refractivity contribution in [3.8, 4) is 11.1 Å². The van der Waals surface area contributed by atoms with Crippen LogP contribution in [-0.2, 0) is 9.53 Å². The van der Waals surface area contributed by atoms with Gasteiger partial charge in [0.15, 0.2) is 5.78 Å². The number of aryl methyl sites for hydroxylation is 1. The molecule has 1 aromatic carbocycles. The monoisotopic (exact) mass is 355 g/mol. The van der Waals surface area contributed by atoms with E-state index in [-0.39, 0.29) is 17.1 Å². The molecule has 5 heteroatoms. The standard InChI is InChI=1S/C21H22FNO3/c1-12-6-7-13(14-8-9-16(22)23-11-14)10-15(12)17-18(24)20(2,3)26-21(4,5)19(17)25/h6-11,24H,1-5H3. The van der Waals surface area contributed by atoms with Crippen LogP contribution in [0.4, 0.5) is 4.39 Å². The number of benzene rings is 1. The highest BCUT2D eigenvalue weighted by molar-refractivity contribution is 6.26. The molecule has 1 aromatic heterocycles. The van der Waals surface area contributed by atoms with Crippen LogP contribution in [0.5, 0.6) is 0 Å². The largest absolute Gasteiger partial charge is 0.508 e. The zero-order chi connectivity index (χ0) is 19.3. The molecule has 0 bridgehead atoms. The van der Waals surface area contributed by atoms with E-state index < -0.39 is 17.1 Å². The molecular weight excluding hydrogens is 333 g/mol. The third-order valence-electron chi connectivity index (χ3n) is 4.66. The number of Topliss-reactive ketones (excluding diaryl/α,β-unsaturated/α-hetero) is 1. The number of carbonyl (C=O) groups excluding carboxylic acids is 1. The van der Waals surface area contributed by atoms with Crippen molar-refractivity contribution >= 4 is 11.4 Å². The smallest absolute Gasteiger partial charge is 0.212 e. The molecule has 0 atom stereocenters. The van der Waals surface area contributed by atoms with Crippen LogP contribution in [0, 0.1) is 12.9 Å². The van der Waals surface area contributed by atoms with Crippen molar-refractivity contribution in [2.45, 2.75) is 45.8 Å². The number of aromatic nitrogens is 1. The zero-order valence-electron chi connectivity index (χ0n) is 15.6. The molecule has 1 aliphatic heterocycles. The SMILES string of the molecule is Cc1ccc(-c2ccc(F)nc2)cc1C1=C(O)C(C)(C)OC(C)(C)C1=O. The molecule has 26 heavy (non-hydrogen) atoms. The first kappa shape index (κ1) is 18.3. The van der Waals surface area contributed by atoms with E-state index in [1.807, 2.05) is 25.1 Å². The van der Waals surface area contributed by atoms with E-state index in [9.17, 15) is 14.3 Å². The number of ether oxygens (including phenoxy) is 1. The summed E-state index contributed by atoms with van der Waals surface area (Å²) in [4.78, 5) is 16.7. The lowest BCUT2D eigenvalue weighted by Crippen LogP contribution is -2.49. The van der Waals surface area contributed by atoms with Crippen molar-refractivity contribution in [1.29, 1.82) is 0 Å². The Hall–Kier alpha value is -2.53. The summed E-state index contributed by atoms with van der Waals surface area (Å²) >= 11 is 0. The maximum absolute atomic E-state index is 13.1. The minimum Gasteiger partial charge on any atom is -0.508 e. The lowest BCUT2D eigenvalue weighted by atomic mass is 9.81. The average Bonchev–Trinajstić information content (AvgIpc) is 2.55. The van der Waals surface area contributed by atoms with Crippen LogP contribution in [0.3, 0.4) is 0 Å². The molecule has 1 N–H and O–H groups in total. The van der Waals surface area contributed by atoms with Crippen LogP contribution >= 0.6 is 0 Å². The molecular formula is C21H22FNO3. The second kappa shape index (κ2) is 6.02. The fraction of sp³-hybridized carbons (Fsp3) is 0.333. The number of pyridine rings is 1. The summed E-state index contributed by atoms with van der Waals surface area (Å²) < 4.78 is 18.9. The average molecular weight is 355 g/mol. The second-order valence-electron chi connectivity index (χ2n) is 7.57. The first-order chi connectivity index (χ1) is 12.0. The van der Waals surface area contributed by atoms with Gasteiger partial charge in [-0.25, -0.2) is 4.98 Å². The van der Waals surface area contributed by atoms with Crippen LogP contribution in [0.2, 0.25) is 0 Å². The van der Waals surface area contributed by atoms with E-state index in [1.165, 1.54) is 12.3 Å². The summed E-state index contributed by atoms with van der Waals surface area (Å²) in [6.07, 6.45) is 1.44. The van der Waals surface area contributed by atoms with Crippen LogP contribution in [0.25, 0.3) is 16.7 Å². The van der Waals surface area contributed by atoms with Gasteiger partial charge in [0.2, 0.25) is 5.95 Å². The van der Waals surface area contributed by atoms with Crippen molar-refractivity contribution in [3.63, 3.8) is 0 Å². The summed E-state index contributed by atoms with van der Waals surface area (Å²) in [5, 5.41) is 10.7. The summed E-state index contributed by atoms with van der Waals surface area (Å²) in [5.74, 6) is -0.907. The number of aliphatic hydroxyl groups is 1. The second-order valence-corrected chi connectivity index (χ2v) is 7.57. The zero-order valence-corrected chi connectivity index (χ0v) is 15.6. The molecule has 3 rings (SSSR count). The predicted octanol–water partition coefficient (Wildman–Crippen LogP) is 4.62. The Morgan fingerprint density at radius 2 is 1.69 bits per heavy atom. The quantitative estimate of drug-likeness (QED) is 0.799. The van der Waals surface area contributed by atoms with Gasteiger partial charge < -0.3 is 9.84 Å². The molecule has 0 saturated carbocycles. The molecule has 0 spiro atoms. The molecule has 2 aromatic rings. The molecule has 1 aliphatic rings. The van der Waals surface area contributed by atoms with Gasteiger partial charge in [-0.05, 0) is 69.5 Å². The van der Waals surface area contributed by atoms with Gasteiger partial charge in [-0.2, -0.15) is 4.39 Å². The normalized spacial score (nSPS) is 18.9. The Labute approximate surface area is 152 Å². The Morgan fingerprint density at radius 3 is 2.31 bits per heavy atom. The number of halogens is 1. The Bertz CT molecular complexity index is 911. The molecule has 136 valence electrons. The van der Waals surface area contributed by atoms with Crippen LogP contribution in [0.1, 0.15) is 38.8 Å². The van der Waals surface area contributed by atoms with Gasteiger partial charge in [0.1, 0.15) is 17.0 Å². The summed E-state index contributed by atoms with van der Waals surface area (Å²) in [6.45, 7) is 8.75. The van der Waals surface area contributed by atoms with Gasteiger partial charge in [-0.3, -0.25) is 4.79 Å². The maximum atomic E-state index is 13.1. The molecule has 2 heterocycles. The van der Waals surface area contributed by atoms with Crippen molar-refractivity contribution in [1.82, 2.24) is 4.98 Å². The number of nitrogens with zero attached hydrogens (tertiary/aromatic N) is 1. The lowest BCUT2D eigenvalue weighted by Gasteiger charge is -2.40. The highest BCUT2D eigenvalue weighted by atomic mass is 19.1. The van der Waals surface area contributed by atoms with Gasteiger partial charge in [-0.15, -0.1) is 0 Å². The third-order valence-corrected chi connectivity index (χ3v) is 4.66. The summed E-state index contributed by atoms with van der Waals surface area (Å²) in [7, 11) is 0. The van der Waals surface area contributed by atoms with Gasteiger partial charge in [0.25, 0.3) is 0 Å². The Balaban J connectivity index is 2.21. The minimum absolute atomic E-state index is 0.0840. The van der Waals surface area contributed by atoms with Crippen molar-refractivity contribution in [3.05, 3.63) is 59.4 Å². The number of hydrogen-bond donors (Lipinski definition) is 1. The fourth-order valence-corrected chi connectivity index (χ4v) is 3.31. The van der Waals surface area contributed by atoms with Gasteiger partial charge in [-0.1, -0.05) is 12.1 Å². The minimum atomic E-state index is -1.05. The van der Waals surface area contributed by atoms with Crippen molar-refractivity contribution in [2.24, 2.45) is 0 Å². The van der Waals surface area contributed by atoms with E-state index in [0.29, 0.717) is 5.56 Å². The number of hydrogen-bond acceptors (Lipinski definition) is 4. The lowest BCUT2D eigenvalue weighted by molar-refractivity contribution is -0.158. The van der Waals surface area contributed by atoms with Gasteiger partial charge in [0.05, 0.1) is 5.57 Å². The van der Waals surface area contributed by atoms with Crippen LogP contribution < -0.4 is 0 Å². The first-order valence-electron chi connectivity index (χ1n) is 8.44. The van der Waals surface area contributed by atoms with E-state index in [0.717, 1.165) is 16.7 Å². The third kappa shape index (κ3) is 3.03. The molecule has 4 nitrogen and oxygen atoms in total. The van der Waals surface area contributed by atoms with Crippen molar-refractivity contribution < 1.29 is 19.0 Å². The van der Waals surface area contributed by atoms with E-state index in [2.05, 4.69) is 4.98 Å². The Kier molecular flexibility index (Phi) is 4.23. The summed E-state index contributed by atoms with van der Waals surface area (Å²) in [5.41, 5.74) is 1.24. The molecule has 0 unspecified atom stereocenters. The number of carbonyl (C=O) groups is 1. The van der Waals surface area contributed by atoms with Crippen LogP contribution in [0.15, 0.2) is 42.3 Å². The fourth-order valence-electron chi connectivity index (χ4n) is 3.31. The molecule has 0 saturated heterocycles. The molecule has 0 fully saturated rings. The number of rotatable bonds is 2. The first-order valence-corrected chi connectivity index (χ1v) is 8.44. The predicted molar refractivity (Wildman–Crippen MR) is 98.2 cm³/mol. The van der Waals surface area contributed by atoms with Gasteiger partial charge in [0, 0.05) is 11.8 Å². The van der Waals surface area contributed by atoms with Gasteiger partial charge >= 0.3 is 0 Å². The molecule has 0 amide bonds. The van der Waals surface area contributed by atoms with E-state index >= 15 is 0 Å². The molecule has 0 radical (unpaired) electrons. The van der Waals surface area contributed by atoms with E-state index in [1.54, 1.807) is 33.8 Å². The van der Waals surface area contributed by atoms with Crippen molar-refractivity contribution in [2.75, 3.05) is 0 Å². The molecule has 0 aliphatic carbocycles. The summed E-state index contributed by atoms with van der Waals surface area (Å²) in [6, 6.07) is 8.50. The number of aliphatic hydroxyl groups excluding tert-OH is 1. The highest BCUT2D eigenvalue weighted by Gasteiger charge is 2.47. The van der Waals surface area contributed by atoms with E-state index in [4.69, 9.17) is 4.74 Å². The highest BCUT2D eigenvalue weighted by Crippen LogP contribution is 2.41. The van der Waals surface area contributed by atoms with Crippen LogP contribution in [-0.4, -0.2) is 27.1 Å². The Morgan fingerprint density at radius 1 is 1.04 bits per heavy atom. The topological polar surface area (TPSA) is 59.4 Å². The number of ketones is 1.